The summed E-state index contributed by atoms with van der Waals surface area (Å²) in [6.45, 7) is 0. The molecule has 0 fully saturated rings. The van der Waals surface area contributed by atoms with E-state index >= 15 is 0 Å². The molecule has 130 valence electrons. The number of nitrogens with one attached hydrogen (secondary N) is 2. The lowest BCUT2D eigenvalue weighted by molar-refractivity contribution is 0.0833. The van der Waals surface area contributed by atoms with Gasteiger partial charge in [0.25, 0.3) is 5.91 Å². The second-order valence-corrected chi connectivity index (χ2v) is 8.66. The number of amides is 2. The molecule has 0 atom stereocenters. The van der Waals surface area contributed by atoms with Gasteiger partial charge in [0, 0.05) is 0 Å². The fraction of sp³-hybridized carbons (Fsp3) is 0. The number of para-hydroxylation sites is 1. The molecule has 3 heterocycles. The third-order valence-electron chi connectivity index (χ3n) is 3.42. The number of aromatic nitrogens is 1. The molecule has 0 bridgehead atoms. The highest BCUT2D eigenvalue weighted by atomic mass is 79.9. The highest BCUT2D eigenvalue weighted by Gasteiger charge is 2.16. The zero-order chi connectivity index (χ0) is 18.1. The summed E-state index contributed by atoms with van der Waals surface area (Å²) in [6, 6.07) is 14.4. The third-order valence-corrected chi connectivity index (χ3v) is 6.09. The first-order valence-electron chi connectivity index (χ1n) is 7.42. The van der Waals surface area contributed by atoms with Crippen molar-refractivity contribution in [1.82, 2.24) is 15.8 Å². The number of hydrazine groups is 1. The number of thiazole rings is 1. The molecule has 0 radical (unpaired) electrons. The molecule has 0 saturated heterocycles. The largest absolute Gasteiger partial charge is 0.448 e. The summed E-state index contributed by atoms with van der Waals surface area (Å²) in [5.74, 6) is -0.342. The standard InChI is InChI=1S/C17H10BrN3O3S2/c18-14-8-7-13(25-14)16(23)21-20-15(22)10-5-6-11(24-10)17-19-9-3-1-2-4-12(9)26-17/h1-8H,(H,20,22)(H,21,23). The Balaban J connectivity index is 1.45. The lowest BCUT2D eigenvalue weighted by Crippen LogP contribution is -2.41. The highest BCUT2D eigenvalue weighted by Crippen LogP contribution is 2.31. The zero-order valence-electron chi connectivity index (χ0n) is 13.0. The Hall–Kier alpha value is -2.49. The van der Waals surface area contributed by atoms with E-state index in [1.807, 2.05) is 24.3 Å². The molecule has 2 N–H and O–H groups in total. The second kappa shape index (κ2) is 7.02. The number of furan rings is 1. The molecular weight excluding hydrogens is 438 g/mol. The SMILES string of the molecule is O=C(NNC(=O)c1ccc(Br)s1)c1ccc(-c2nc3ccccc3s2)o1. The Labute approximate surface area is 164 Å². The van der Waals surface area contributed by atoms with Gasteiger partial charge in [0.05, 0.1) is 18.9 Å². The molecule has 6 nitrogen and oxygen atoms in total. The first-order chi connectivity index (χ1) is 12.6. The van der Waals surface area contributed by atoms with Gasteiger partial charge in [-0.05, 0) is 52.3 Å². The minimum atomic E-state index is -0.540. The van der Waals surface area contributed by atoms with Crippen molar-refractivity contribution >= 4 is 60.6 Å². The van der Waals surface area contributed by atoms with Gasteiger partial charge >= 0.3 is 5.91 Å². The van der Waals surface area contributed by atoms with Gasteiger partial charge in [0.2, 0.25) is 0 Å². The predicted molar refractivity (Wildman–Crippen MR) is 104 cm³/mol. The van der Waals surface area contributed by atoms with Crippen LogP contribution in [0.1, 0.15) is 20.2 Å². The van der Waals surface area contributed by atoms with E-state index in [-0.39, 0.29) is 5.76 Å². The fourth-order valence-electron chi connectivity index (χ4n) is 2.23. The van der Waals surface area contributed by atoms with Gasteiger partial charge in [-0.3, -0.25) is 20.4 Å². The molecule has 0 saturated carbocycles. The lowest BCUT2D eigenvalue weighted by atomic mass is 10.3. The zero-order valence-corrected chi connectivity index (χ0v) is 16.2. The van der Waals surface area contributed by atoms with Crippen molar-refractivity contribution in [1.29, 1.82) is 0 Å². The molecule has 4 aromatic rings. The summed E-state index contributed by atoms with van der Waals surface area (Å²) in [5, 5.41) is 0.692. The Bertz CT molecular complexity index is 1080. The van der Waals surface area contributed by atoms with Crippen molar-refractivity contribution in [3.8, 4) is 10.8 Å². The van der Waals surface area contributed by atoms with Gasteiger partial charge in [-0.25, -0.2) is 4.98 Å². The van der Waals surface area contributed by atoms with Crippen LogP contribution >= 0.6 is 38.6 Å². The summed E-state index contributed by atoms with van der Waals surface area (Å²) in [4.78, 5) is 29.1. The number of fused-ring (bicyclic) bond motifs is 1. The van der Waals surface area contributed by atoms with Crippen LogP contribution in [0.5, 0.6) is 0 Å². The number of benzene rings is 1. The first-order valence-corrected chi connectivity index (χ1v) is 9.84. The van der Waals surface area contributed by atoms with Crippen molar-refractivity contribution in [2.75, 3.05) is 0 Å². The van der Waals surface area contributed by atoms with Crippen molar-refractivity contribution in [2.24, 2.45) is 0 Å². The molecule has 9 heteroatoms. The van der Waals surface area contributed by atoms with Gasteiger partial charge in [-0.15, -0.1) is 22.7 Å². The summed E-state index contributed by atoms with van der Waals surface area (Å²) in [6.07, 6.45) is 0. The van der Waals surface area contributed by atoms with Crippen LogP contribution in [0.4, 0.5) is 0 Å². The van der Waals surface area contributed by atoms with E-state index in [4.69, 9.17) is 4.42 Å². The van der Waals surface area contributed by atoms with Crippen LogP contribution in [0.3, 0.4) is 0 Å². The number of carbonyl (C=O) groups is 2. The van der Waals surface area contributed by atoms with Crippen molar-refractivity contribution in [3.63, 3.8) is 0 Å². The fourth-order valence-corrected chi connectivity index (χ4v) is 4.43. The number of hydrogen-bond acceptors (Lipinski definition) is 6. The molecule has 1 aromatic carbocycles. The van der Waals surface area contributed by atoms with E-state index in [0.717, 1.165) is 14.0 Å². The molecule has 0 aliphatic heterocycles. The van der Waals surface area contributed by atoms with Crippen LogP contribution in [-0.2, 0) is 0 Å². The van der Waals surface area contributed by atoms with Crippen LogP contribution in [0.2, 0.25) is 0 Å². The van der Waals surface area contributed by atoms with E-state index in [9.17, 15) is 9.59 Å². The topological polar surface area (TPSA) is 84.2 Å². The van der Waals surface area contributed by atoms with Gasteiger partial charge in [-0.1, -0.05) is 12.1 Å². The van der Waals surface area contributed by atoms with E-state index < -0.39 is 11.8 Å². The minimum absolute atomic E-state index is 0.0897. The van der Waals surface area contributed by atoms with Crippen LogP contribution in [0, 0.1) is 0 Å². The van der Waals surface area contributed by atoms with Crippen molar-refractivity contribution in [2.45, 2.75) is 0 Å². The van der Waals surface area contributed by atoms with Gasteiger partial charge in [-0.2, -0.15) is 0 Å². The lowest BCUT2D eigenvalue weighted by Gasteiger charge is -2.03. The van der Waals surface area contributed by atoms with Crippen LogP contribution < -0.4 is 10.9 Å². The van der Waals surface area contributed by atoms with E-state index in [2.05, 4.69) is 31.8 Å². The van der Waals surface area contributed by atoms with Gasteiger partial charge in [0.15, 0.2) is 16.5 Å². The Kier molecular flexibility index (Phi) is 4.58. The van der Waals surface area contributed by atoms with Crippen LogP contribution in [-0.4, -0.2) is 16.8 Å². The maximum absolute atomic E-state index is 12.2. The molecule has 0 unspecified atom stereocenters. The summed E-state index contributed by atoms with van der Waals surface area (Å²) in [5.41, 5.74) is 5.58. The third kappa shape index (κ3) is 3.41. The number of rotatable bonds is 3. The van der Waals surface area contributed by atoms with Crippen LogP contribution in [0.15, 0.2) is 56.7 Å². The summed E-state index contributed by atoms with van der Waals surface area (Å²) >= 11 is 6.04. The monoisotopic (exact) mass is 447 g/mol. The molecule has 0 aliphatic rings. The Morgan fingerprint density at radius 1 is 0.962 bits per heavy atom. The maximum Gasteiger partial charge on any atom is 0.305 e. The van der Waals surface area contributed by atoms with E-state index in [0.29, 0.717) is 15.6 Å². The number of carbonyl (C=O) groups excluding carboxylic acids is 2. The number of thiophene rings is 1. The molecule has 0 spiro atoms. The average Bonchev–Trinajstić information content (AvgIpc) is 3.37. The molecular formula is C17H10BrN3O3S2. The normalized spacial score (nSPS) is 10.8. The smallest absolute Gasteiger partial charge is 0.305 e. The number of nitrogens with zero attached hydrogens (tertiary/aromatic N) is 1. The molecule has 26 heavy (non-hydrogen) atoms. The van der Waals surface area contributed by atoms with Gasteiger partial charge in [0.1, 0.15) is 0 Å². The van der Waals surface area contributed by atoms with Crippen LogP contribution in [0.25, 0.3) is 21.0 Å². The van der Waals surface area contributed by atoms with E-state index in [1.165, 1.54) is 22.7 Å². The predicted octanol–water partition coefficient (Wildman–Crippen LogP) is 4.46. The number of halogens is 1. The molecule has 0 aliphatic carbocycles. The Morgan fingerprint density at radius 3 is 2.54 bits per heavy atom. The highest BCUT2D eigenvalue weighted by molar-refractivity contribution is 9.11. The second-order valence-electron chi connectivity index (χ2n) is 5.16. The number of hydrogen-bond donors (Lipinski definition) is 2. The van der Waals surface area contributed by atoms with Crippen molar-refractivity contribution in [3.05, 3.63) is 63.0 Å². The average molecular weight is 448 g/mol. The Morgan fingerprint density at radius 2 is 1.77 bits per heavy atom. The summed E-state index contributed by atoms with van der Waals surface area (Å²) < 4.78 is 7.46. The molecule has 3 aromatic heterocycles. The molecule has 4 rings (SSSR count). The van der Waals surface area contributed by atoms with E-state index in [1.54, 1.807) is 24.3 Å². The maximum atomic E-state index is 12.2. The molecule has 2 amide bonds. The minimum Gasteiger partial charge on any atom is -0.448 e. The first kappa shape index (κ1) is 17.0. The quantitative estimate of drug-likeness (QED) is 0.454. The van der Waals surface area contributed by atoms with Crippen molar-refractivity contribution < 1.29 is 14.0 Å². The summed E-state index contributed by atoms with van der Waals surface area (Å²) in [7, 11) is 0. The van der Waals surface area contributed by atoms with Gasteiger partial charge < -0.3 is 4.42 Å².